The number of benzene rings is 2. The minimum atomic E-state index is -0.633. The van der Waals surface area contributed by atoms with Gasteiger partial charge >= 0.3 is 6.03 Å². The zero-order chi connectivity index (χ0) is 24.9. The van der Waals surface area contributed by atoms with Crippen molar-refractivity contribution in [1.82, 2.24) is 14.7 Å². The molecule has 1 atom stereocenters. The average molecular weight is 509 g/mol. The zero-order valence-electron chi connectivity index (χ0n) is 18.6. The van der Waals surface area contributed by atoms with Crippen molar-refractivity contribution in [3.63, 3.8) is 0 Å². The lowest BCUT2D eigenvalue weighted by atomic mass is 9.66. The molecule has 1 aliphatic heterocycles. The highest BCUT2D eigenvalue weighted by atomic mass is 35.5. The molecule has 8 nitrogen and oxygen atoms in total. The second kappa shape index (κ2) is 8.91. The summed E-state index contributed by atoms with van der Waals surface area (Å²) in [6.07, 6.45) is 1.59. The van der Waals surface area contributed by atoms with Gasteiger partial charge in [0.1, 0.15) is 5.69 Å². The molecule has 1 saturated carbocycles. The van der Waals surface area contributed by atoms with Gasteiger partial charge < -0.3 is 16.4 Å². The number of hydrogen-bond acceptors (Lipinski definition) is 4. The Morgan fingerprint density at radius 3 is 2.34 bits per heavy atom. The van der Waals surface area contributed by atoms with Crippen molar-refractivity contribution in [2.75, 3.05) is 6.54 Å². The molecule has 1 fully saturated rings. The molecule has 35 heavy (non-hydrogen) atoms. The molecule has 1 aliphatic carbocycles. The van der Waals surface area contributed by atoms with Crippen LogP contribution in [0.2, 0.25) is 10.0 Å². The molecule has 10 heteroatoms. The van der Waals surface area contributed by atoms with Gasteiger partial charge in [-0.1, -0.05) is 41.4 Å². The standard InChI is InChI=1S/C25H22Cl2N6O2/c26-18-6-5-15(11-19(18)27)21-20(24(29)34)23-22(32(25(30)35)7-8-33(23)31-21)17-9-16(10-17)14-3-1-13(12-28)2-4-14/h1-6,11,16-17,22H,7-10H2,(H2,29,34)(H2,30,35). The molecule has 0 radical (unpaired) electrons. The third-order valence-corrected chi connectivity index (χ3v) is 7.75. The first-order valence-electron chi connectivity index (χ1n) is 11.2. The largest absolute Gasteiger partial charge is 0.365 e. The summed E-state index contributed by atoms with van der Waals surface area (Å²) in [5.74, 6) is -0.280. The summed E-state index contributed by atoms with van der Waals surface area (Å²) < 4.78 is 1.76. The molecule has 3 amide bonds. The number of aromatic nitrogens is 2. The molecular formula is C25H22Cl2N6O2. The topological polar surface area (TPSA) is 131 Å². The first kappa shape index (κ1) is 23.2. The number of hydrogen-bond donors (Lipinski definition) is 2. The molecule has 2 aromatic carbocycles. The number of carbonyl (C=O) groups excluding carboxylic acids is 2. The zero-order valence-corrected chi connectivity index (χ0v) is 20.1. The molecular weight excluding hydrogens is 487 g/mol. The highest BCUT2D eigenvalue weighted by molar-refractivity contribution is 6.42. The molecule has 178 valence electrons. The summed E-state index contributed by atoms with van der Waals surface area (Å²) >= 11 is 12.3. The van der Waals surface area contributed by atoms with E-state index in [1.165, 1.54) is 0 Å². The molecule has 2 heterocycles. The Morgan fingerprint density at radius 2 is 1.74 bits per heavy atom. The Hall–Kier alpha value is -3.54. The Morgan fingerprint density at radius 1 is 1.03 bits per heavy atom. The van der Waals surface area contributed by atoms with Gasteiger partial charge in [0.2, 0.25) is 0 Å². The molecule has 1 unspecified atom stereocenters. The Labute approximate surface area is 212 Å². The second-order valence-electron chi connectivity index (χ2n) is 8.96. The van der Waals surface area contributed by atoms with Gasteiger partial charge in [0.15, 0.2) is 0 Å². The number of halogens is 2. The van der Waals surface area contributed by atoms with Gasteiger partial charge in [0.05, 0.1) is 45.5 Å². The summed E-state index contributed by atoms with van der Waals surface area (Å²) in [4.78, 5) is 26.8. The molecule has 4 N–H and O–H groups in total. The SMILES string of the molecule is N#Cc1ccc(C2CC(C3c4c(C(N)=O)c(-c5ccc(Cl)c(Cl)c5)nn4CCN3C(N)=O)C2)cc1. The van der Waals surface area contributed by atoms with E-state index in [1.54, 1.807) is 27.8 Å². The van der Waals surface area contributed by atoms with E-state index in [0.717, 1.165) is 18.4 Å². The van der Waals surface area contributed by atoms with E-state index in [1.807, 2.05) is 24.3 Å². The van der Waals surface area contributed by atoms with Gasteiger partial charge in [0, 0.05) is 12.1 Å². The molecule has 0 spiro atoms. The van der Waals surface area contributed by atoms with Gasteiger partial charge in [-0.15, -0.1) is 0 Å². The maximum atomic E-state index is 12.7. The Bertz CT molecular complexity index is 1370. The fourth-order valence-corrected chi connectivity index (χ4v) is 5.57. The van der Waals surface area contributed by atoms with Crippen molar-refractivity contribution >= 4 is 35.1 Å². The minimum Gasteiger partial charge on any atom is -0.365 e. The van der Waals surface area contributed by atoms with Crippen LogP contribution in [0.25, 0.3) is 11.3 Å². The fraction of sp³-hybridized carbons (Fsp3) is 0.280. The molecule has 0 bridgehead atoms. The third-order valence-electron chi connectivity index (χ3n) is 7.02. The molecule has 5 rings (SSSR count). The van der Waals surface area contributed by atoms with Crippen LogP contribution in [0.5, 0.6) is 0 Å². The van der Waals surface area contributed by atoms with Gasteiger partial charge in [0.25, 0.3) is 5.91 Å². The summed E-state index contributed by atoms with van der Waals surface area (Å²) in [5.41, 5.74) is 15.3. The monoisotopic (exact) mass is 508 g/mol. The lowest BCUT2D eigenvalue weighted by Crippen LogP contribution is -2.50. The van der Waals surface area contributed by atoms with Crippen LogP contribution >= 0.6 is 23.2 Å². The minimum absolute atomic E-state index is 0.0682. The molecule has 2 aliphatic rings. The van der Waals surface area contributed by atoms with Crippen LogP contribution in [-0.4, -0.2) is 33.2 Å². The van der Waals surface area contributed by atoms with Crippen LogP contribution in [0.4, 0.5) is 4.79 Å². The number of carbonyl (C=O) groups is 2. The predicted molar refractivity (Wildman–Crippen MR) is 132 cm³/mol. The number of nitrogens with zero attached hydrogens (tertiary/aromatic N) is 4. The van der Waals surface area contributed by atoms with Gasteiger partial charge in [-0.05, 0) is 54.5 Å². The number of rotatable bonds is 4. The van der Waals surface area contributed by atoms with E-state index in [0.29, 0.717) is 45.6 Å². The quantitative estimate of drug-likeness (QED) is 0.538. The van der Waals surface area contributed by atoms with E-state index in [4.69, 9.17) is 45.0 Å². The molecule has 0 saturated heterocycles. The normalized spacial score (nSPS) is 21.1. The third kappa shape index (κ3) is 4.01. The highest BCUT2D eigenvalue weighted by Gasteiger charge is 2.46. The van der Waals surface area contributed by atoms with Crippen LogP contribution in [0, 0.1) is 17.2 Å². The van der Waals surface area contributed by atoms with E-state index in [9.17, 15) is 9.59 Å². The van der Waals surface area contributed by atoms with Crippen LogP contribution in [0.1, 0.15) is 52.0 Å². The maximum absolute atomic E-state index is 12.7. The van der Waals surface area contributed by atoms with E-state index < -0.39 is 18.0 Å². The second-order valence-corrected chi connectivity index (χ2v) is 9.78. The Balaban J connectivity index is 1.54. The van der Waals surface area contributed by atoms with Gasteiger partial charge in [-0.25, -0.2) is 4.79 Å². The van der Waals surface area contributed by atoms with Crippen LogP contribution in [0.3, 0.4) is 0 Å². The number of urea groups is 1. The van der Waals surface area contributed by atoms with Crippen molar-refractivity contribution in [2.24, 2.45) is 17.4 Å². The average Bonchev–Trinajstić information content (AvgIpc) is 3.20. The van der Waals surface area contributed by atoms with Crippen LogP contribution in [-0.2, 0) is 6.54 Å². The summed E-state index contributed by atoms with van der Waals surface area (Å²) in [6, 6.07) is 13.7. The highest BCUT2D eigenvalue weighted by Crippen LogP contribution is 2.51. The first-order valence-corrected chi connectivity index (χ1v) is 12.0. The van der Waals surface area contributed by atoms with Crippen LogP contribution < -0.4 is 11.5 Å². The number of nitriles is 1. The Kier molecular flexibility index (Phi) is 5.91. The summed E-state index contributed by atoms with van der Waals surface area (Å²) in [5, 5.41) is 14.5. The van der Waals surface area contributed by atoms with E-state index in [2.05, 4.69) is 6.07 Å². The molecule has 3 aromatic rings. The number of nitrogens with two attached hydrogens (primary N) is 2. The van der Waals surface area contributed by atoms with E-state index in [-0.39, 0.29) is 17.4 Å². The summed E-state index contributed by atoms with van der Waals surface area (Å²) in [7, 11) is 0. The number of fused-ring (bicyclic) bond motifs is 1. The lowest BCUT2D eigenvalue weighted by Gasteiger charge is -2.47. The van der Waals surface area contributed by atoms with Crippen molar-refractivity contribution < 1.29 is 9.59 Å². The summed E-state index contributed by atoms with van der Waals surface area (Å²) in [6.45, 7) is 0.772. The van der Waals surface area contributed by atoms with E-state index >= 15 is 0 Å². The smallest absolute Gasteiger partial charge is 0.315 e. The van der Waals surface area contributed by atoms with Crippen molar-refractivity contribution in [1.29, 1.82) is 5.26 Å². The number of primary amides is 2. The fourth-order valence-electron chi connectivity index (χ4n) is 5.27. The van der Waals surface area contributed by atoms with Crippen molar-refractivity contribution in [2.45, 2.75) is 31.3 Å². The van der Waals surface area contributed by atoms with Gasteiger partial charge in [-0.2, -0.15) is 10.4 Å². The first-order chi connectivity index (χ1) is 16.8. The van der Waals surface area contributed by atoms with Crippen LogP contribution in [0.15, 0.2) is 42.5 Å². The number of amides is 3. The maximum Gasteiger partial charge on any atom is 0.315 e. The van der Waals surface area contributed by atoms with Crippen molar-refractivity contribution in [3.05, 3.63) is 74.9 Å². The predicted octanol–water partition coefficient (Wildman–Crippen LogP) is 4.46. The lowest BCUT2D eigenvalue weighted by molar-refractivity contribution is 0.0779. The van der Waals surface area contributed by atoms with Gasteiger partial charge in [-0.3, -0.25) is 9.48 Å². The van der Waals surface area contributed by atoms with Crippen molar-refractivity contribution in [3.8, 4) is 17.3 Å². The molecule has 1 aromatic heterocycles.